The van der Waals surface area contributed by atoms with E-state index in [1.54, 1.807) is 0 Å². The molecular weight excluding hydrogens is 290 g/mol. The lowest BCUT2D eigenvalue weighted by Crippen LogP contribution is -1.89. The van der Waals surface area contributed by atoms with Crippen LogP contribution in [0.4, 0.5) is 0 Å². The molecule has 0 amide bonds. The SMILES string of the molecule is CCc1ccccn1.O=S(=O)(O)O.O=S(=O)(O)O. The third-order valence-corrected chi connectivity index (χ3v) is 1.09. The van der Waals surface area contributed by atoms with E-state index in [9.17, 15) is 0 Å². The maximum absolute atomic E-state index is 8.74. The zero-order valence-corrected chi connectivity index (χ0v) is 10.8. The average molecular weight is 303 g/mol. The molecule has 9 nitrogen and oxygen atoms in total. The molecule has 0 aromatic carbocycles. The Balaban J connectivity index is 0. The molecule has 1 rings (SSSR count). The van der Waals surface area contributed by atoms with E-state index in [4.69, 9.17) is 35.0 Å². The number of hydrogen-bond acceptors (Lipinski definition) is 5. The van der Waals surface area contributed by atoms with Crippen molar-refractivity contribution < 1.29 is 35.0 Å². The lowest BCUT2D eigenvalue weighted by Gasteiger charge is -1.88. The third-order valence-electron chi connectivity index (χ3n) is 1.09. The summed E-state index contributed by atoms with van der Waals surface area (Å²) in [6, 6.07) is 5.96. The van der Waals surface area contributed by atoms with Crippen LogP contribution in [0.3, 0.4) is 0 Å². The van der Waals surface area contributed by atoms with Crippen molar-refractivity contribution in [3.05, 3.63) is 30.1 Å². The standard InChI is InChI=1S/C7H9N.2H2O4S/c1-2-7-5-3-4-6-8-7;2*1-5(2,3)4/h3-6H,2H2,1H3;2*(H2,1,2,3,4). The highest BCUT2D eigenvalue weighted by atomic mass is 32.3. The predicted molar refractivity (Wildman–Crippen MR) is 62.0 cm³/mol. The molecule has 1 aromatic heterocycles. The van der Waals surface area contributed by atoms with Gasteiger partial charge in [-0.3, -0.25) is 23.2 Å². The number of rotatable bonds is 1. The van der Waals surface area contributed by atoms with Gasteiger partial charge < -0.3 is 0 Å². The first kappa shape index (κ1) is 19.2. The van der Waals surface area contributed by atoms with Gasteiger partial charge in [-0.2, -0.15) is 16.8 Å². The van der Waals surface area contributed by atoms with Crippen LogP contribution in [0.1, 0.15) is 12.6 Å². The summed E-state index contributed by atoms with van der Waals surface area (Å²) in [4.78, 5) is 4.10. The highest BCUT2D eigenvalue weighted by molar-refractivity contribution is 7.80. The maximum Gasteiger partial charge on any atom is 0.394 e. The number of aromatic nitrogens is 1. The number of hydrogen-bond donors (Lipinski definition) is 4. The van der Waals surface area contributed by atoms with Crippen molar-refractivity contribution >= 4 is 20.8 Å². The van der Waals surface area contributed by atoms with Crippen molar-refractivity contribution in [3.8, 4) is 0 Å². The van der Waals surface area contributed by atoms with Crippen LogP contribution in [0.5, 0.6) is 0 Å². The smallest absolute Gasteiger partial charge is 0.264 e. The quantitative estimate of drug-likeness (QED) is 0.535. The van der Waals surface area contributed by atoms with Gasteiger partial charge in [-0.05, 0) is 18.6 Å². The van der Waals surface area contributed by atoms with E-state index in [1.807, 2.05) is 24.4 Å². The van der Waals surface area contributed by atoms with Crippen molar-refractivity contribution in [3.63, 3.8) is 0 Å². The van der Waals surface area contributed by atoms with Gasteiger partial charge in [0.15, 0.2) is 0 Å². The minimum Gasteiger partial charge on any atom is -0.264 e. The van der Waals surface area contributed by atoms with Crippen molar-refractivity contribution in [2.24, 2.45) is 0 Å². The topological polar surface area (TPSA) is 162 Å². The Bertz CT molecular complexity index is 464. The Morgan fingerprint density at radius 3 is 1.56 bits per heavy atom. The second-order valence-electron chi connectivity index (χ2n) is 2.57. The molecule has 106 valence electrons. The van der Waals surface area contributed by atoms with E-state index in [2.05, 4.69) is 11.9 Å². The van der Waals surface area contributed by atoms with Crippen LogP contribution < -0.4 is 0 Å². The van der Waals surface area contributed by atoms with Gasteiger partial charge in [-0.15, -0.1) is 0 Å². The fourth-order valence-electron chi connectivity index (χ4n) is 0.607. The zero-order chi connectivity index (χ0) is 14.8. The Hall–Kier alpha value is -1.11. The van der Waals surface area contributed by atoms with Crippen molar-refractivity contribution in [1.82, 2.24) is 4.98 Å². The molecule has 0 atom stereocenters. The summed E-state index contributed by atoms with van der Waals surface area (Å²) in [5.41, 5.74) is 1.16. The Morgan fingerprint density at radius 1 is 1.00 bits per heavy atom. The highest BCUT2D eigenvalue weighted by Crippen LogP contribution is 1.91. The van der Waals surface area contributed by atoms with Crippen LogP contribution in [0.2, 0.25) is 0 Å². The van der Waals surface area contributed by atoms with Crippen LogP contribution >= 0.6 is 0 Å². The molecule has 0 aliphatic heterocycles. The summed E-state index contributed by atoms with van der Waals surface area (Å²) >= 11 is 0. The minimum atomic E-state index is -4.67. The first-order valence-corrected chi connectivity index (χ1v) is 7.02. The molecule has 1 heterocycles. The number of nitrogens with zero attached hydrogens (tertiary/aromatic N) is 1. The average Bonchev–Trinajstić information content (AvgIpc) is 2.14. The molecule has 4 N–H and O–H groups in total. The summed E-state index contributed by atoms with van der Waals surface area (Å²) in [6.45, 7) is 2.10. The molecular formula is C7H13NO8S2. The lowest BCUT2D eigenvalue weighted by molar-refractivity contribution is 0.378. The van der Waals surface area contributed by atoms with Crippen LogP contribution in [-0.2, 0) is 27.2 Å². The van der Waals surface area contributed by atoms with Gasteiger partial charge in [-0.1, -0.05) is 13.0 Å². The second kappa shape index (κ2) is 8.91. The van der Waals surface area contributed by atoms with Crippen molar-refractivity contribution in [2.45, 2.75) is 13.3 Å². The molecule has 1 aromatic rings. The molecule has 0 spiro atoms. The fraction of sp³-hybridized carbons (Fsp3) is 0.286. The van der Waals surface area contributed by atoms with Crippen molar-refractivity contribution in [1.29, 1.82) is 0 Å². The summed E-state index contributed by atoms with van der Waals surface area (Å²) in [6.07, 6.45) is 2.85. The third kappa shape index (κ3) is 36.3. The minimum absolute atomic E-state index is 1.03. The molecule has 0 fully saturated rings. The first-order chi connectivity index (χ1) is 7.93. The molecule has 0 aliphatic rings. The normalized spacial score (nSPS) is 10.5. The Labute approximate surface area is 105 Å². The summed E-state index contributed by atoms with van der Waals surface area (Å²) < 4.78 is 63.2. The van der Waals surface area contributed by atoms with E-state index in [0.717, 1.165) is 12.1 Å². The van der Waals surface area contributed by atoms with Gasteiger partial charge in [0, 0.05) is 11.9 Å². The van der Waals surface area contributed by atoms with E-state index in [0.29, 0.717) is 0 Å². The molecule has 11 heteroatoms. The predicted octanol–water partition coefficient (Wildman–Crippen LogP) is 0.338. The van der Waals surface area contributed by atoms with Crippen LogP contribution in [0.15, 0.2) is 24.4 Å². The molecule has 18 heavy (non-hydrogen) atoms. The number of pyridine rings is 1. The van der Waals surface area contributed by atoms with E-state index >= 15 is 0 Å². The van der Waals surface area contributed by atoms with Gasteiger partial charge >= 0.3 is 20.8 Å². The fourth-order valence-corrected chi connectivity index (χ4v) is 0.607. The lowest BCUT2D eigenvalue weighted by atomic mass is 10.3. The second-order valence-corrected chi connectivity index (χ2v) is 4.36. The highest BCUT2D eigenvalue weighted by Gasteiger charge is 1.85. The molecule has 0 unspecified atom stereocenters. The molecule has 0 radical (unpaired) electrons. The first-order valence-electron chi connectivity index (χ1n) is 4.23. The van der Waals surface area contributed by atoms with Gasteiger partial charge in [0.1, 0.15) is 0 Å². The zero-order valence-electron chi connectivity index (χ0n) is 9.20. The van der Waals surface area contributed by atoms with Gasteiger partial charge in [-0.25, -0.2) is 0 Å². The van der Waals surface area contributed by atoms with Gasteiger partial charge in [0.05, 0.1) is 0 Å². The molecule has 0 saturated heterocycles. The van der Waals surface area contributed by atoms with Crippen molar-refractivity contribution in [2.75, 3.05) is 0 Å². The maximum atomic E-state index is 8.74. The number of aryl methyl sites for hydroxylation is 1. The van der Waals surface area contributed by atoms with E-state index < -0.39 is 20.8 Å². The summed E-state index contributed by atoms with van der Waals surface area (Å²) in [7, 11) is -9.33. The van der Waals surface area contributed by atoms with Crippen LogP contribution in [0, 0.1) is 0 Å². The summed E-state index contributed by atoms with van der Waals surface area (Å²) in [5.74, 6) is 0. The molecule has 0 aliphatic carbocycles. The molecule has 0 bridgehead atoms. The molecule has 0 saturated carbocycles. The monoisotopic (exact) mass is 303 g/mol. The Kier molecular flexibility index (Phi) is 9.52. The van der Waals surface area contributed by atoms with Gasteiger partial charge in [0.2, 0.25) is 0 Å². The van der Waals surface area contributed by atoms with E-state index in [-0.39, 0.29) is 0 Å². The Morgan fingerprint density at radius 2 is 1.39 bits per heavy atom. The summed E-state index contributed by atoms with van der Waals surface area (Å²) in [5, 5.41) is 0. The van der Waals surface area contributed by atoms with Crippen LogP contribution in [-0.4, -0.2) is 40.0 Å². The van der Waals surface area contributed by atoms with Gasteiger partial charge in [0.25, 0.3) is 0 Å². The largest absolute Gasteiger partial charge is 0.394 e. The van der Waals surface area contributed by atoms with E-state index in [1.165, 1.54) is 0 Å². The van der Waals surface area contributed by atoms with Crippen LogP contribution in [0.25, 0.3) is 0 Å².